The fourth-order valence-electron chi connectivity index (χ4n) is 8.01. The Hall–Kier alpha value is -0.370. The second-order valence-electron chi connectivity index (χ2n) is 9.86. The van der Waals surface area contributed by atoms with E-state index in [1.165, 1.54) is 51.4 Å². The summed E-state index contributed by atoms with van der Waals surface area (Å²) in [7, 11) is 0. The molecule has 2 nitrogen and oxygen atoms in total. The molecule has 0 aromatic carbocycles. The predicted octanol–water partition coefficient (Wildman–Crippen LogP) is 4.60. The molecule has 0 heterocycles. The minimum Gasteiger partial charge on any atom is -0.392 e. The first-order valence-electron chi connectivity index (χ1n) is 10.1. The molecule has 5 fully saturated rings. The monoisotopic (exact) mass is 318 g/mol. The Balaban J connectivity index is 1.68. The van der Waals surface area contributed by atoms with Gasteiger partial charge in [-0.15, -0.1) is 0 Å². The first kappa shape index (κ1) is 16.1. The fourth-order valence-corrected chi connectivity index (χ4v) is 8.01. The van der Waals surface area contributed by atoms with Crippen LogP contribution in [0.15, 0.2) is 0 Å². The van der Waals surface area contributed by atoms with E-state index in [9.17, 15) is 9.90 Å². The van der Waals surface area contributed by atoms with E-state index in [2.05, 4.69) is 13.8 Å². The van der Waals surface area contributed by atoms with Crippen LogP contribution in [0.25, 0.3) is 0 Å². The van der Waals surface area contributed by atoms with Crippen LogP contribution in [0.1, 0.15) is 78.6 Å². The maximum Gasteiger partial charge on any atom is 0.130 e. The summed E-state index contributed by atoms with van der Waals surface area (Å²) in [5.41, 5.74) is 0.577. The lowest BCUT2D eigenvalue weighted by atomic mass is 9.37. The minimum absolute atomic E-state index is 0.136. The molecule has 5 saturated carbocycles. The molecule has 0 aliphatic heterocycles. The number of hydrogen-bond acceptors (Lipinski definition) is 2. The molecule has 5 rings (SSSR count). The third kappa shape index (κ3) is 2.12. The fraction of sp³-hybridized carbons (Fsp3) is 0.952. The van der Waals surface area contributed by atoms with Crippen LogP contribution in [0.5, 0.6) is 0 Å². The van der Waals surface area contributed by atoms with Crippen molar-refractivity contribution in [3.63, 3.8) is 0 Å². The van der Waals surface area contributed by atoms with Gasteiger partial charge in [-0.3, -0.25) is 0 Å². The molecule has 0 radical (unpaired) electrons. The minimum atomic E-state index is -0.223. The van der Waals surface area contributed by atoms with Crippen molar-refractivity contribution in [3.05, 3.63) is 0 Å². The number of carbonyl (C=O) groups excluding carboxylic acids is 1. The van der Waals surface area contributed by atoms with Gasteiger partial charge in [-0.1, -0.05) is 26.7 Å². The molecule has 1 spiro atoms. The molecule has 0 saturated heterocycles. The van der Waals surface area contributed by atoms with Gasteiger partial charge in [-0.05, 0) is 85.9 Å². The standard InChI is InChI=1S/C21H34O2/c1-13-5-4-8-20(3)17(13)7-10-21-9-6-15(12-18(20)21)16(19(21)23)11-14(2)22/h13,15-19,23H,4-12H2,1-3H3/t13-,15-,16-,17+,18-,19+,20+,21-/m0/s1. The van der Waals surface area contributed by atoms with E-state index in [4.69, 9.17) is 0 Å². The number of aliphatic hydroxyl groups is 1. The third-order valence-electron chi connectivity index (χ3n) is 8.96. The average molecular weight is 319 g/mol. The van der Waals surface area contributed by atoms with Crippen molar-refractivity contribution in [2.45, 2.75) is 84.7 Å². The highest BCUT2D eigenvalue weighted by atomic mass is 16.3. The van der Waals surface area contributed by atoms with Crippen molar-refractivity contribution in [1.29, 1.82) is 0 Å². The zero-order chi connectivity index (χ0) is 16.4. The van der Waals surface area contributed by atoms with Gasteiger partial charge in [0.05, 0.1) is 6.10 Å². The van der Waals surface area contributed by atoms with E-state index in [0.717, 1.165) is 11.8 Å². The maximum absolute atomic E-state index is 11.7. The lowest BCUT2D eigenvalue weighted by Gasteiger charge is -2.69. The third-order valence-corrected chi connectivity index (χ3v) is 8.96. The van der Waals surface area contributed by atoms with Gasteiger partial charge < -0.3 is 9.90 Å². The summed E-state index contributed by atoms with van der Waals surface area (Å²) < 4.78 is 0. The Bertz CT molecular complexity index is 500. The lowest BCUT2D eigenvalue weighted by molar-refractivity contribution is -0.234. The number of ketones is 1. The van der Waals surface area contributed by atoms with Crippen molar-refractivity contribution < 1.29 is 9.90 Å². The van der Waals surface area contributed by atoms with E-state index < -0.39 is 0 Å². The number of rotatable bonds is 2. The number of aliphatic hydroxyl groups excluding tert-OH is 1. The Labute approximate surface area is 141 Å². The molecule has 23 heavy (non-hydrogen) atoms. The quantitative estimate of drug-likeness (QED) is 0.808. The highest BCUT2D eigenvalue weighted by molar-refractivity contribution is 5.75. The van der Waals surface area contributed by atoms with Crippen LogP contribution < -0.4 is 0 Å². The summed E-state index contributed by atoms with van der Waals surface area (Å²) in [6.07, 6.45) is 10.8. The van der Waals surface area contributed by atoms with E-state index in [0.29, 0.717) is 23.7 Å². The van der Waals surface area contributed by atoms with Crippen LogP contribution in [0.4, 0.5) is 0 Å². The lowest BCUT2D eigenvalue weighted by Crippen LogP contribution is -2.65. The van der Waals surface area contributed by atoms with Gasteiger partial charge >= 0.3 is 0 Å². The second-order valence-corrected chi connectivity index (χ2v) is 9.86. The first-order chi connectivity index (χ1) is 10.9. The summed E-state index contributed by atoms with van der Waals surface area (Å²) >= 11 is 0. The van der Waals surface area contributed by atoms with Crippen molar-refractivity contribution in [2.24, 2.45) is 40.4 Å². The summed E-state index contributed by atoms with van der Waals surface area (Å²) in [5.74, 6) is 3.53. The van der Waals surface area contributed by atoms with Crippen LogP contribution in [-0.2, 0) is 4.79 Å². The molecule has 2 bridgehead atoms. The highest BCUT2D eigenvalue weighted by Gasteiger charge is 2.65. The Morgan fingerprint density at radius 2 is 1.91 bits per heavy atom. The van der Waals surface area contributed by atoms with Crippen LogP contribution in [0, 0.1) is 40.4 Å². The van der Waals surface area contributed by atoms with Gasteiger partial charge in [0, 0.05) is 6.42 Å². The zero-order valence-electron chi connectivity index (χ0n) is 15.2. The molecule has 0 aromatic rings. The Morgan fingerprint density at radius 3 is 2.65 bits per heavy atom. The van der Waals surface area contributed by atoms with E-state index in [1.54, 1.807) is 6.92 Å². The van der Waals surface area contributed by atoms with Gasteiger partial charge in [0.15, 0.2) is 0 Å². The van der Waals surface area contributed by atoms with Crippen LogP contribution in [0.3, 0.4) is 0 Å². The molecular formula is C21H34O2. The molecule has 0 aromatic heterocycles. The zero-order valence-corrected chi connectivity index (χ0v) is 15.2. The molecule has 1 N–H and O–H groups in total. The predicted molar refractivity (Wildman–Crippen MR) is 91.9 cm³/mol. The summed E-state index contributed by atoms with van der Waals surface area (Å²) in [6.45, 7) is 6.73. The molecule has 130 valence electrons. The largest absolute Gasteiger partial charge is 0.392 e. The van der Waals surface area contributed by atoms with E-state index >= 15 is 0 Å². The number of hydrogen-bond donors (Lipinski definition) is 1. The summed E-state index contributed by atoms with van der Waals surface area (Å²) in [6, 6.07) is 0. The van der Waals surface area contributed by atoms with E-state index in [-0.39, 0.29) is 23.2 Å². The van der Waals surface area contributed by atoms with E-state index in [1.807, 2.05) is 0 Å². The molecule has 2 heteroatoms. The maximum atomic E-state index is 11.7. The van der Waals surface area contributed by atoms with Gasteiger partial charge in [-0.2, -0.15) is 0 Å². The second kappa shape index (κ2) is 5.31. The van der Waals surface area contributed by atoms with Crippen LogP contribution in [-0.4, -0.2) is 17.0 Å². The highest BCUT2D eigenvalue weighted by Crippen LogP contribution is 2.70. The number of Topliss-reactive ketones (excluding diaryl/α,β-unsaturated/α-hetero) is 1. The molecule has 5 aliphatic carbocycles. The smallest absolute Gasteiger partial charge is 0.130 e. The Kier molecular flexibility index (Phi) is 3.72. The van der Waals surface area contributed by atoms with Gasteiger partial charge in [0.2, 0.25) is 0 Å². The topological polar surface area (TPSA) is 37.3 Å². The van der Waals surface area contributed by atoms with Crippen molar-refractivity contribution in [1.82, 2.24) is 0 Å². The van der Waals surface area contributed by atoms with Crippen LogP contribution >= 0.6 is 0 Å². The summed E-state index contributed by atoms with van der Waals surface area (Å²) in [4.78, 5) is 11.7. The SMILES string of the molecule is CC(=O)C[C@H]1[C@H]2CC[C@@]3(CC[C@@H]4[C@@H](C)CCC[C@@]4(C)[C@@H]3C2)[C@@H]1O. The normalized spacial score (nSPS) is 55.1. The summed E-state index contributed by atoms with van der Waals surface area (Å²) in [5, 5.41) is 11.3. The first-order valence-corrected chi connectivity index (χ1v) is 10.1. The molecule has 0 unspecified atom stereocenters. The van der Waals surface area contributed by atoms with Crippen LogP contribution in [0.2, 0.25) is 0 Å². The van der Waals surface area contributed by atoms with Gasteiger partial charge in [0.25, 0.3) is 0 Å². The number of carbonyl (C=O) groups is 1. The molecule has 5 aliphatic rings. The average Bonchev–Trinajstić information content (AvgIpc) is 2.50. The molecular weight excluding hydrogens is 284 g/mol. The number of fused-ring (bicyclic) bond motifs is 3. The van der Waals surface area contributed by atoms with Crippen molar-refractivity contribution in [3.8, 4) is 0 Å². The molecule has 8 atom stereocenters. The molecule has 0 amide bonds. The van der Waals surface area contributed by atoms with Crippen molar-refractivity contribution >= 4 is 5.78 Å². The Morgan fingerprint density at radius 1 is 1.17 bits per heavy atom. The van der Waals surface area contributed by atoms with Gasteiger partial charge in [-0.25, -0.2) is 0 Å². The van der Waals surface area contributed by atoms with Gasteiger partial charge in [0.1, 0.15) is 5.78 Å². The van der Waals surface area contributed by atoms with Crippen molar-refractivity contribution in [2.75, 3.05) is 0 Å².